The Morgan fingerprint density at radius 2 is 1.91 bits per heavy atom. The highest BCUT2D eigenvalue weighted by Crippen LogP contribution is 2.30. The van der Waals surface area contributed by atoms with Crippen molar-refractivity contribution < 1.29 is 0 Å². The fourth-order valence-corrected chi connectivity index (χ4v) is 2.51. The van der Waals surface area contributed by atoms with E-state index in [1.165, 1.54) is 5.56 Å². The number of anilines is 1. The van der Waals surface area contributed by atoms with Gasteiger partial charge in [0.05, 0.1) is 23.3 Å². The van der Waals surface area contributed by atoms with Crippen molar-refractivity contribution in [1.29, 1.82) is 0 Å². The monoisotopic (exact) mass is 292 g/mol. The normalized spacial score (nSPS) is 10.6. The van der Waals surface area contributed by atoms with Crippen molar-refractivity contribution >= 4 is 5.69 Å². The summed E-state index contributed by atoms with van der Waals surface area (Å²) in [5, 5.41) is 7.93. The largest absolute Gasteiger partial charge is 0.381 e. The smallest absolute Gasteiger partial charge is 0.0972 e. The molecule has 0 aliphatic rings. The predicted octanol–water partition coefficient (Wildman–Crippen LogP) is 3.22. The van der Waals surface area contributed by atoms with Crippen LogP contribution in [0.25, 0.3) is 16.9 Å². The molecular weight excluding hydrogens is 272 g/mol. The molecule has 1 heterocycles. The van der Waals surface area contributed by atoms with Crippen LogP contribution in [0.5, 0.6) is 0 Å². The van der Waals surface area contributed by atoms with E-state index in [0.29, 0.717) is 6.54 Å². The summed E-state index contributed by atoms with van der Waals surface area (Å²) in [5.41, 5.74) is 11.1. The molecule has 0 unspecified atom stereocenters. The summed E-state index contributed by atoms with van der Waals surface area (Å²) >= 11 is 0. The van der Waals surface area contributed by atoms with Crippen LogP contribution in [0.4, 0.5) is 5.69 Å². The average molecular weight is 292 g/mol. The van der Waals surface area contributed by atoms with E-state index in [-0.39, 0.29) is 0 Å². The zero-order chi connectivity index (χ0) is 15.4. The topological polar surface area (TPSA) is 55.9 Å². The van der Waals surface area contributed by atoms with Gasteiger partial charge in [0, 0.05) is 18.7 Å². The number of hydrogen-bond acceptors (Lipinski definition) is 3. The van der Waals surface area contributed by atoms with E-state index in [2.05, 4.69) is 47.7 Å². The lowest BCUT2D eigenvalue weighted by Crippen LogP contribution is -2.13. The number of nitrogens with one attached hydrogen (secondary N) is 1. The van der Waals surface area contributed by atoms with Crippen molar-refractivity contribution in [2.24, 2.45) is 5.73 Å². The summed E-state index contributed by atoms with van der Waals surface area (Å²) in [6.07, 6.45) is 1.86. The van der Waals surface area contributed by atoms with E-state index < -0.39 is 0 Å². The molecule has 2 aromatic carbocycles. The third-order valence-corrected chi connectivity index (χ3v) is 3.52. The Bertz CT molecular complexity index is 747. The van der Waals surface area contributed by atoms with Crippen LogP contribution >= 0.6 is 0 Å². The van der Waals surface area contributed by atoms with Gasteiger partial charge in [0.25, 0.3) is 0 Å². The standard InChI is InChI=1S/C18H20N4/c1-14-6-5-9-16(12-14)22-18(15-7-3-2-4-8-15)17(13-21-22)20-11-10-19/h2-9,12-13,20H,10-11,19H2,1H3. The first-order valence-electron chi connectivity index (χ1n) is 7.44. The zero-order valence-corrected chi connectivity index (χ0v) is 12.7. The molecule has 4 heteroatoms. The molecule has 0 atom stereocenters. The minimum atomic E-state index is 0.587. The Labute approximate surface area is 130 Å². The van der Waals surface area contributed by atoms with Crippen LogP contribution in [0.2, 0.25) is 0 Å². The van der Waals surface area contributed by atoms with Gasteiger partial charge in [-0.1, -0.05) is 42.5 Å². The van der Waals surface area contributed by atoms with E-state index >= 15 is 0 Å². The molecule has 3 aromatic rings. The van der Waals surface area contributed by atoms with Crippen molar-refractivity contribution in [1.82, 2.24) is 9.78 Å². The van der Waals surface area contributed by atoms with Crippen LogP contribution in [0.15, 0.2) is 60.8 Å². The lowest BCUT2D eigenvalue weighted by molar-refractivity contribution is 0.886. The number of nitrogens with zero attached hydrogens (tertiary/aromatic N) is 2. The Morgan fingerprint density at radius 1 is 1.09 bits per heavy atom. The van der Waals surface area contributed by atoms with Crippen molar-refractivity contribution in [3.05, 3.63) is 66.4 Å². The molecule has 0 spiro atoms. The van der Waals surface area contributed by atoms with Gasteiger partial charge in [0.2, 0.25) is 0 Å². The number of hydrogen-bond donors (Lipinski definition) is 2. The van der Waals surface area contributed by atoms with E-state index in [1.54, 1.807) is 0 Å². The number of rotatable bonds is 5. The Morgan fingerprint density at radius 3 is 2.64 bits per heavy atom. The zero-order valence-electron chi connectivity index (χ0n) is 12.7. The molecule has 0 saturated carbocycles. The molecule has 3 N–H and O–H groups in total. The first-order valence-corrected chi connectivity index (χ1v) is 7.44. The highest BCUT2D eigenvalue weighted by atomic mass is 15.3. The van der Waals surface area contributed by atoms with Gasteiger partial charge >= 0.3 is 0 Å². The number of aromatic nitrogens is 2. The Kier molecular flexibility index (Phi) is 4.21. The molecule has 0 saturated heterocycles. The second kappa shape index (κ2) is 6.45. The molecule has 22 heavy (non-hydrogen) atoms. The third kappa shape index (κ3) is 2.87. The Balaban J connectivity index is 2.12. The van der Waals surface area contributed by atoms with Crippen LogP contribution < -0.4 is 11.1 Å². The van der Waals surface area contributed by atoms with Crippen molar-refractivity contribution in [3.8, 4) is 16.9 Å². The molecule has 0 radical (unpaired) electrons. The minimum Gasteiger partial charge on any atom is -0.381 e. The van der Waals surface area contributed by atoms with Gasteiger partial charge in [-0.15, -0.1) is 0 Å². The summed E-state index contributed by atoms with van der Waals surface area (Å²) in [6.45, 7) is 3.39. The minimum absolute atomic E-state index is 0.587. The third-order valence-electron chi connectivity index (χ3n) is 3.52. The number of aryl methyl sites for hydroxylation is 1. The maximum Gasteiger partial charge on any atom is 0.0972 e. The maximum atomic E-state index is 5.61. The maximum absolute atomic E-state index is 5.61. The summed E-state index contributed by atoms with van der Waals surface area (Å²) < 4.78 is 1.97. The lowest BCUT2D eigenvalue weighted by Gasteiger charge is -2.11. The summed E-state index contributed by atoms with van der Waals surface area (Å²) in [7, 11) is 0. The fourth-order valence-electron chi connectivity index (χ4n) is 2.51. The van der Waals surface area contributed by atoms with E-state index in [9.17, 15) is 0 Å². The van der Waals surface area contributed by atoms with Crippen LogP contribution in [0.3, 0.4) is 0 Å². The lowest BCUT2D eigenvalue weighted by atomic mass is 10.1. The summed E-state index contributed by atoms with van der Waals surface area (Å²) in [4.78, 5) is 0. The van der Waals surface area contributed by atoms with Crippen LogP contribution in [-0.4, -0.2) is 22.9 Å². The molecular formula is C18H20N4. The van der Waals surface area contributed by atoms with Crippen molar-refractivity contribution in [2.75, 3.05) is 18.4 Å². The number of nitrogens with two attached hydrogens (primary N) is 1. The molecule has 3 rings (SSSR count). The molecule has 0 aliphatic heterocycles. The van der Waals surface area contributed by atoms with Gasteiger partial charge in [-0.25, -0.2) is 4.68 Å². The predicted molar refractivity (Wildman–Crippen MR) is 91.3 cm³/mol. The summed E-state index contributed by atoms with van der Waals surface area (Å²) in [6, 6.07) is 18.6. The van der Waals surface area contributed by atoms with Gasteiger partial charge in [-0.05, 0) is 24.6 Å². The highest BCUT2D eigenvalue weighted by molar-refractivity contribution is 5.76. The van der Waals surface area contributed by atoms with E-state index in [0.717, 1.165) is 29.2 Å². The van der Waals surface area contributed by atoms with Crippen molar-refractivity contribution in [3.63, 3.8) is 0 Å². The second-order valence-electron chi connectivity index (χ2n) is 5.24. The highest BCUT2D eigenvalue weighted by Gasteiger charge is 2.14. The van der Waals surface area contributed by atoms with Crippen molar-refractivity contribution in [2.45, 2.75) is 6.92 Å². The molecule has 0 amide bonds. The molecule has 1 aromatic heterocycles. The van der Waals surface area contributed by atoms with Crippen LogP contribution in [0.1, 0.15) is 5.56 Å². The molecule has 112 valence electrons. The quantitative estimate of drug-likeness (QED) is 0.759. The molecule has 0 bridgehead atoms. The number of benzene rings is 2. The molecule has 0 fully saturated rings. The van der Waals surface area contributed by atoms with Crippen LogP contribution in [-0.2, 0) is 0 Å². The SMILES string of the molecule is Cc1cccc(-n2ncc(NCCN)c2-c2ccccc2)c1. The molecule has 0 aliphatic carbocycles. The second-order valence-corrected chi connectivity index (χ2v) is 5.24. The Hall–Kier alpha value is -2.59. The first-order chi connectivity index (χ1) is 10.8. The van der Waals surface area contributed by atoms with Gasteiger partial charge in [-0.2, -0.15) is 5.10 Å². The van der Waals surface area contributed by atoms with Gasteiger partial charge in [-0.3, -0.25) is 0 Å². The van der Waals surface area contributed by atoms with Crippen LogP contribution in [0, 0.1) is 6.92 Å². The average Bonchev–Trinajstić information content (AvgIpc) is 2.97. The molecule has 4 nitrogen and oxygen atoms in total. The summed E-state index contributed by atoms with van der Waals surface area (Å²) in [5.74, 6) is 0. The first kappa shape index (κ1) is 14.4. The van der Waals surface area contributed by atoms with E-state index in [1.807, 2.05) is 35.1 Å². The fraction of sp³-hybridized carbons (Fsp3) is 0.167. The van der Waals surface area contributed by atoms with E-state index in [4.69, 9.17) is 5.73 Å². The van der Waals surface area contributed by atoms with Gasteiger partial charge in [0.15, 0.2) is 0 Å². The van der Waals surface area contributed by atoms with Gasteiger partial charge < -0.3 is 11.1 Å². The van der Waals surface area contributed by atoms with Gasteiger partial charge in [0.1, 0.15) is 0 Å².